The number of nitrogens with zero attached hydrogens (tertiary/aromatic N) is 2. The van der Waals surface area contributed by atoms with Gasteiger partial charge in [-0.25, -0.2) is 4.79 Å². The zero-order chi connectivity index (χ0) is 14.0. The number of esters is 1. The van der Waals surface area contributed by atoms with E-state index in [1.807, 2.05) is 12.3 Å². The fraction of sp³-hybridized carbons (Fsp3) is 0.308. The van der Waals surface area contributed by atoms with Gasteiger partial charge >= 0.3 is 5.97 Å². The quantitative estimate of drug-likeness (QED) is 0.873. The number of anilines is 1. The SMILES string of the molecule is Cc1nccnc1-c1csc(N)c1C(=O)OC(C)C. The van der Waals surface area contributed by atoms with Gasteiger partial charge in [0.1, 0.15) is 10.6 Å². The van der Waals surface area contributed by atoms with E-state index in [-0.39, 0.29) is 6.10 Å². The number of nitrogen functional groups attached to an aromatic ring is 1. The molecule has 0 radical (unpaired) electrons. The van der Waals surface area contributed by atoms with Crippen molar-refractivity contribution in [2.45, 2.75) is 26.9 Å². The van der Waals surface area contributed by atoms with Gasteiger partial charge in [0.15, 0.2) is 0 Å². The van der Waals surface area contributed by atoms with Gasteiger partial charge in [0.25, 0.3) is 0 Å². The van der Waals surface area contributed by atoms with E-state index in [4.69, 9.17) is 10.5 Å². The van der Waals surface area contributed by atoms with Crippen LogP contribution in [0.2, 0.25) is 0 Å². The third-order valence-corrected chi connectivity index (χ3v) is 3.31. The molecule has 5 nitrogen and oxygen atoms in total. The molecule has 0 saturated carbocycles. The summed E-state index contributed by atoms with van der Waals surface area (Å²) < 4.78 is 5.22. The maximum Gasteiger partial charge on any atom is 0.342 e. The molecule has 2 rings (SSSR count). The number of carbonyl (C=O) groups is 1. The first-order valence-corrected chi connectivity index (χ1v) is 6.74. The lowest BCUT2D eigenvalue weighted by Gasteiger charge is -2.10. The van der Waals surface area contributed by atoms with Gasteiger partial charge in [-0.15, -0.1) is 11.3 Å². The Bertz CT molecular complexity index is 608. The Hall–Kier alpha value is -1.95. The van der Waals surface area contributed by atoms with Crippen molar-refractivity contribution >= 4 is 22.3 Å². The smallest absolute Gasteiger partial charge is 0.342 e. The van der Waals surface area contributed by atoms with E-state index in [1.54, 1.807) is 26.2 Å². The molecule has 19 heavy (non-hydrogen) atoms. The molecule has 0 aliphatic carbocycles. The van der Waals surface area contributed by atoms with Crippen LogP contribution in [-0.4, -0.2) is 22.0 Å². The molecule has 0 aliphatic rings. The van der Waals surface area contributed by atoms with Gasteiger partial charge in [-0.3, -0.25) is 9.97 Å². The van der Waals surface area contributed by atoms with Crippen LogP contribution >= 0.6 is 11.3 Å². The highest BCUT2D eigenvalue weighted by Crippen LogP contribution is 2.34. The maximum atomic E-state index is 12.1. The minimum atomic E-state index is -0.422. The average molecular weight is 277 g/mol. The molecule has 0 atom stereocenters. The highest BCUT2D eigenvalue weighted by Gasteiger charge is 2.22. The lowest BCUT2D eigenvalue weighted by atomic mass is 10.1. The molecule has 0 saturated heterocycles. The Kier molecular flexibility index (Phi) is 3.80. The minimum Gasteiger partial charge on any atom is -0.459 e. The summed E-state index contributed by atoms with van der Waals surface area (Å²) in [6.07, 6.45) is 3.01. The Balaban J connectivity index is 2.49. The van der Waals surface area contributed by atoms with E-state index in [0.717, 1.165) is 5.69 Å². The molecule has 100 valence electrons. The summed E-state index contributed by atoms with van der Waals surface area (Å²) in [6, 6.07) is 0. The molecule has 0 spiro atoms. The number of carbonyl (C=O) groups excluding carboxylic acids is 1. The van der Waals surface area contributed by atoms with Crippen LogP contribution in [0.1, 0.15) is 29.9 Å². The molecule has 0 amide bonds. The van der Waals surface area contributed by atoms with Crippen LogP contribution in [0.4, 0.5) is 5.00 Å². The summed E-state index contributed by atoms with van der Waals surface area (Å²) in [6.45, 7) is 5.44. The lowest BCUT2D eigenvalue weighted by Crippen LogP contribution is -2.13. The Morgan fingerprint density at radius 3 is 2.68 bits per heavy atom. The number of hydrogen-bond acceptors (Lipinski definition) is 6. The van der Waals surface area contributed by atoms with Gasteiger partial charge in [-0.05, 0) is 20.8 Å². The highest BCUT2D eigenvalue weighted by molar-refractivity contribution is 7.14. The zero-order valence-electron chi connectivity index (χ0n) is 11.0. The molecule has 0 bridgehead atoms. The number of rotatable bonds is 3. The van der Waals surface area contributed by atoms with Crippen LogP contribution in [0.3, 0.4) is 0 Å². The maximum absolute atomic E-state index is 12.1. The predicted molar refractivity (Wildman–Crippen MR) is 75.0 cm³/mol. The minimum absolute atomic E-state index is 0.192. The summed E-state index contributed by atoms with van der Waals surface area (Å²) >= 11 is 1.30. The Morgan fingerprint density at radius 2 is 2.05 bits per heavy atom. The molecule has 2 aromatic rings. The number of nitrogens with two attached hydrogens (primary N) is 1. The van der Waals surface area contributed by atoms with Gasteiger partial charge in [-0.2, -0.15) is 0 Å². The molecular formula is C13H15N3O2S. The second-order valence-electron chi connectivity index (χ2n) is 4.33. The van der Waals surface area contributed by atoms with Crippen molar-refractivity contribution in [2.75, 3.05) is 5.73 Å². The van der Waals surface area contributed by atoms with Gasteiger partial charge in [-0.1, -0.05) is 0 Å². The molecular weight excluding hydrogens is 262 g/mol. The largest absolute Gasteiger partial charge is 0.459 e. The fourth-order valence-electron chi connectivity index (χ4n) is 1.70. The summed E-state index contributed by atoms with van der Waals surface area (Å²) in [5.41, 5.74) is 8.34. The van der Waals surface area contributed by atoms with E-state index in [9.17, 15) is 4.79 Å². The normalized spacial score (nSPS) is 10.7. The zero-order valence-corrected chi connectivity index (χ0v) is 11.8. The molecule has 2 heterocycles. The third kappa shape index (κ3) is 2.73. The number of aryl methyl sites for hydroxylation is 1. The molecule has 6 heteroatoms. The summed E-state index contributed by atoms with van der Waals surface area (Å²) in [5, 5.41) is 2.24. The summed E-state index contributed by atoms with van der Waals surface area (Å²) in [4.78, 5) is 20.5. The van der Waals surface area contributed by atoms with Gasteiger partial charge in [0.05, 0.1) is 17.5 Å². The van der Waals surface area contributed by atoms with Gasteiger partial charge in [0, 0.05) is 23.3 Å². The van der Waals surface area contributed by atoms with Crippen molar-refractivity contribution in [1.82, 2.24) is 9.97 Å². The van der Waals surface area contributed by atoms with Crippen molar-refractivity contribution in [3.05, 3.63) is 29.0 Å². The second kappa shape index (κ2) is 5.36. The van der Waals surface area contributed by atoms with Crippen LogP contribution in [0.25, 0.3) is 11.3 Å². The number of hydrogen-bond donors (Lipinski definition) is 1. The van der Waals surface area contributed by atoms with Crippen molar-refractivity contribution in [2.24, 2.45) is 0 Å². The first kappa shape index (κ1) is 13.5. The number of ether oxygens (including phenoxy) is 1. The lowest BCUT2D eigenvalue weighted by molar-refractivity contribution is 0.0380. The monoisotopic (exact) mass is 277 g/mol. The van der Waals surface area contributed by atoms with Gasteiger partial charge < -0.3 is 10.5 Å². The number of aromatic nitrogens is 2. The van der Waals surface area contributed by atoms with E-state index in [1.165, 1.54) is 11.3 Å². The van der Waals surface area contributed by atoms with E-state index < -0.39 is 5.97 Å². The van der Waals surface area contributed by atoms with Crippen LogP contribution < -0.4 is 5.73 Å². The van der Waals surface area contributed by atoms with Crippen LogP contribution in [0.5, 0.6) is 0 Å². The van der Waals surface area contributed by atoms with Crippen LogP contribution in [-0.2, 0) is 4.74 Å². The van der Waals surface area contributed by atoms with Gasteiger partial charge in [0.2, 0.25) is 0 Å². The van der Waals surface area contributed by atoms with Crippen molar-refractivity contribution in [1.29, 1.82) is 0 Å². The predicted octanol–water partition coefficient (Wildman–Crippen LogP) is 2.66. The molecule has 0 unspecified atom stereocenters. The van der Waals surface area contributed by atoms with E-state index >= 15 is 0 Å². The molecule has 0 aliphatic heterocycles. The van der Waals surface area contributed by atoms with Crippen LogP contribution in [0.15, 0.2) is 17.8 Å². The number of thiophene rings is 1. The van der Waals surface area contributed by atoms with Crippen LogP contribution in [0, 0.1) is 6.92 Å². The Labute approximate surface area is 115 Å². The second-order valence-corrected chi connectivity index (χ2v) is 5.24. The highest BCUT2D eigenvalue weighted by atomic mass is 32.1. The van der Waals surface area contributed by atoms with Crippen molar-refractivity contribution in [3.8, 4) is 11.3 Å². The summed E-state index contributed by atoms with van der Waals surface area (Å²) in [7, 11) is 0. The molecule has 0 aromatic carbocycles. The first-order valence-electron chi connectivity index (χ1n) is 5.86. The molecule has 0 fully saturated rings. The van der Waals surface area contributed by atoms with E-state index in [2.05, 4.69) is 9.97 Å². The molecule has 2 N–H and O–H groups in total. The first-order chi connectivity index (χ1) is 9.00. The fourth-order valence-corrected chi connectivity index (χ4v) is 2.49. The average Bonchev–Trinajstić information content (AvgIpc) is 2.70. The third-order valence-electron chi connectivity index (χ3n) is 2.50. The standard InChI is InChI=1S/C13H15N3O2S/c1-7(2)18-13(17)10-9(6-19-12(10)14)11-8(3)15-4-5-16-11/h4-7H,14H2,1-3H3. The summed E-state index contributed by atoms with van der Waals surface area (Å²) in [5.74, 6) is -0.422. The van der Waals surface area contributed by atoms with Crippen molar-refractivity contribution in [3.63, 3.8) is 0 Å². The molecule has 2 aromatic heterocycles. The topological polar surface area (TPSA) is 78.1 Å². The van der Waals surface area contributed by atoms with E-state index in [0.29, 0.717) is 21.8 Å². The Morgan fingerprint density at radius 1 is 1.37 bits per heavy atom. The van der Waals surface area contributed by atoms with Crippen molar-refractivity contribution < 1.29 is 9.53 Å².